The highest BCUT2D eigenvalue weighted by atomic mass is 19.4. The maximum absolute atomic E-state index is 13.7. The number of halogens is 4. The molecule has 0 saturated carbocycles. The van der Waals surface area contributed by atoms with Crippen molar-refractivity contribution in [2.24, 2.45) is 0 Å². The molecule has 0 aliphatic rings. The molecule has 0 saturated heterocycles. The molecule has 0 unspecified atom stereocenters. The van der Waals surface area contributed by atoms with Crippen molar-refractivity contribution in [2.75, 3.05) is 6.61 Å². The van der Waals surface area contributed by atoms with E-state index in [0.717, 1.165) is 0 Å². The largest absolute Gasteiger partial charge is 0.573 e. The summed E-state index contributed by atoms with van der Waals surface area (Å²) in [6.07, 6.45) is -5.73. The zero-order chi connectivity index (χ0) is 16.2. The lowest BCUT2D eigenvalue weighted by Crippen LogP contribution is -2.21. The van der Waals surface area contributed by atoms with Crippen LogP contribution in [0.3, 0.4) is 0 Å². The molecule has 0 spiro atoms. The predicted octanol–water partition coefficient (Wildman–Crippen LogP) is 2.13. The number of esters is 1. The van der Waals surface area contributed by atoms with Crippen LogP contribution >= 0.6 is 0 Å². The van der Waals surface area contributed by atoms with E-state index in [-0.39, 0.29) is 6.61 Å². The molecule has 0 amide bonds. The van der Waals surface area contributed by atoms with Crippen LogP contribution in [0.1, 0.15) is 12.6 Å². The minimum absolute atomic E-state index is 0.0518. The van der Waals surface area contributed by atoms with Gasteiger partial charge < -0.3 is 9.47 Å². The maximum Gasteiger partial charge on any atom is 0.573 e. The molecule has 116 valence electrons. The van der Waals surface area contributed by atoms with E-state index in [1.54, 1.807) is 0 Å². The molecular weight excluding hydrogens is 304 g/mol. The van der Waals surface area contributed by atoms with E-state index in [2.05, 4.69) is 14.5 Å². The van der Waals surface area contributed by atoms with Gasteiger partial charge in [-0.25, -0.2) is 4.98 Å². The van der Waals surface area contributed by atoms with Crippen LogP contribution in [0.4, 0.5) is 23.2 Å². The highest BCUT2D eigenvalue weighted by molar-refractivity contribution is 5.73. The molecule has 0 aliphatic heterocycles. The van der Waals surface area contributed by atoms with Crippen molar-refractivity contribution in [1.82, 2.24) is 4.98 Å². The first kappa shape index (κ1) is 16.6. The van der Waals surface area contributed by atoms with Crippen molar-refractivity contribution in [3.63, 3.8) is 0 Å². The molecule has 1 aromatic rings. The first-order valence-electron chi connectivity index (χ1n) is 5.38. The van der Waals surface area contributed by atoms with Gasteiger partial charge in [0.15, 0.2) is 5.75 Å². The molecule has 1 aromatic heterocycles. The van der Waals surface area contributed by atoms with Crippen molar-refractivity contribution < 1.29 is 36.8 Å². The number of ether oxygens (including phenoxy) is 2. The molecule has 11 heteroatoms. The highest BCUT2D eigenvalue weighted by Crippen LogP contribution is 2.33. The zero-order valence-corrected chi connectivity index (χ0v) is 10.4. The first-order valence-corrected chi connectivity index (χ1v) is 5.38. The number of carbonyl (C=O) groups excluding carboxylic acids is 1. The topological polar surface area (TPSA) is 91.6 Å². The number of carbonyl (C=O) groups is 1. The SMILES string of the molecule is CCOC(=O)Cc1ncc([N+](=O)[O-])c(F)c1OC(F)(F)F. The van der Waals surface area contributed by atoms with E-state index in [1.165, 1.54) is 6.92 Å². The Labute approximate surface area is 114 Å². The fourth-order valence-electron chi connectivity index (χ4n) is 1.32. The molecule has 0 N–H and O–H groups in total. The number of hydrogen-bond acceptors (Lipinski definition) is 6. The van der Waals surface area contributed by atoms with Crippen LogP contribution in [0.15, 0.2) is 6.20 Å². The molecule has 0 bridgehead atoms. The molecule has 0 aromatic carbocycles. The molecule has 1 rings (SSSR count). The van der Waals surface area contributed by atoms with Gasteiger partial charge in [-0.15, -0.1) is 13.2 Å². The van der Waals surface area contributed by atoms with E-state index < -0.39 is 46.6 Å². The normalized spacial score (nSPS) is 11.1. The number of nitro groups is 1. The van der Waals surface area contributed by atoms with Gasteiger partial charge in [-0.2, -0.15) is 4.39 Å². The van der Waals surface area contributed by atoms with Crippen molar-refractivity contribution in [3.8, 4) is 5.75 Å². The summed E-state index contributed by atoms with van der Waals surface area (Å²) in [6, 6.07) is 0. The van der Waals surface area contributed by atoms with Crippen LogP contribution < -0.4 is 4.74 Å². The molecule has 1 heterocycles. The summed E-state index contributed by atoms with van der Waals surface area (Å²) >= 11 is 0. The van der Waals surface area contributed by atoms with Gasteiger partial charge in [0, 0.05) is 0 Å². The van der Waals surface area contributed by atoms with Crippen molar-refractivity contribution in [3.05, 3.63) is 27.8 Å². The second-order valence-corrected chi connectivity index (χ2v) is 3.52. The van der Waals surface area contributed by atoms with Crippen molar-refractivity contribution in [2.45, 2.75) is 19.7 Å². The molecule has 0 atom stereocenters. The summed E-state index contributed by atoms with van der Waals surface area (Å²) in [4.78, 5) is 23.7. The summed E-state index contributed by atoms with van der Waals surface area (Å²) in [5, 5.41) is 10.5. The quantitative estimate of drug-likeness (QED) is 0.358. The van der Waals surface area contributed by atoms with Gasteiger partial charge in [-0.05, 0) is 6.92 Å². The predicted molar refractivity (Wildman–Crippen MR) is 57.9 cm³/mol. The highest BCUT2D eigenvalue weighted by Gasteiger charge is 2.36. The Kier molecular flexibility index (Phi) is 5.00. The molecule has 0 aliphatic carbocycles. The molecule has 21 heavy (non-hydrogen) atoms. The minimum atomic E-state index is -5.30. The van der Waals surface area contributed by atoms with Crippen molar-refractivity contribution in [1.29, 1.82) is 0 Å². The Morgan fingerprint density at radius 1 is 1.48 bits per heavy atom. The smallest absolute Gasteiger partial charge is 0.466 e. The van der Waals surface area contributed by atoms with Gasteiger partial charge in [0.25, 0.3) is 0 Å². The number of hydrogen-bond donors (Lipinski definition) is 0. The molecule has 0 fully saturated rings. The monoisotopic (exact) mass is 312 g/mol. The Balaban J connectivity index is 3.26. The van der Waals surface area contributed by atoms with Gasteiger partial charge in [0.1, 0.15) is 6.20 Å². The summed E-state index contributed by atoms with van der Waals surface area (Å²) < 4.78 is 58.2. The zero-order valence-electron chi connectivity index (χ0n) is 10.4. The van der Waals surface area contributed by atoms with Crippen molar-refractivity contribution >= 4 is 11.7 Å². The van der Waals surface area contributed by atoms with E-state index >= 15 is 0 Å². The molecule has 0 radical (unpaired) electrons. The standard InChI is InChI=1S/C10H8F4N2O5/c1-2-20-7(17)3-5-9(21-10(12,13)14)8(11)6(4-15-5)16(18)19/h4H,2-3H2,1H3. The Morgan fingerprint density at radius 3 is 2.57 bits per heavy atom. The summed E-state index contributed by atoms with van der Waals surface area (Å²) in [6.45, 7) is 1.40. The second-order valence-electron chi connectivity index (χ2n) is 3.52. The third-order valence-corrected chi connectivity index (χ3v) is 2.06. The number of aromatic nitrogens is 1. The average molecular weight is 312 g/mol. The summed E-state index contributed by atoms with van der Waals surface area (Å²) in [5.74, 6) is -4.37. The van der Waals surface area contributed by atoms with Crippen LogP contribution in [0.25, 0.3) is 0 Å². The Morgan fingerprint density at radius 2 is 2.10 bits per heavy atom. The third-order valence-electron chi connectivity index (χ3n) is 2.06. The first-order chi connectivity index (χ1) is 9.65. The van der Waals surface area contributed by atoms with E-state index in [0.29, 0.717) is 6.20 Å². The lowest BCUT2D eigenvalue weighted by molar-refractivity contribution is -0.388. The van der Waals surface area contributed by atoms with Gasteiger partial charge >= 0.3 is 18.0 Å². The van der Waals surface area contributed by atoms with Crippen LogP contribution in [0, 0.1) is 15.9 Å². The fourth-order valence-corrected chi connectivity index (χ4v) is 1.32. The maximum atomic E-state index is 13.7. The second kappa shape index (κ2) is 6.33. The number of alkyl halides is 3. The van der Waals surface area contributed by atoms with Gasteiger partial charge in [0.05, 0.1) is 23.6 Å². The van der Waals surface area contributed by atoms with E-state index in [4.69, 9.17) is 0 Å². The number of rotatable bonds is 5. The fraction of sp³-hybridized carbons (Fsp3) is 0.400. The third kappa shape index (κ3) is 4.54. The Bertz CT molecular complexity index is 561. The van der Waals surface area contributed by atoms with E-state index in [9.17, 15) is 32.5 Å². The van der Waals surface area contributed by atoms with Gasteiger partial charge in [-0.1, -0.05) is 0 Å². The number of nitrogens with zero attached hydrogens (tertiary/aromatic N) is 2. The molecule has 7 nitrogen and oxygen atoms in total. The van der Waals surface area contributed by atoms with Crippen LogP contribution in [0.2, 0.25) is 0 Å². The lowest BCUT2D eigenvalue weighted by atomic mass is 10.2. The minimum Gasteiger partial charge on any atom is -0.466 e. The van der Waals surface area contributed by atoms with Crippen LogP contribution in [0.5, 0.6) is 5.75 Å². The van der Waals surface area contributed by atoms with E-state index in [1.807, 2.05) is 0 Å². The summed E-state index contributed by atoms with van der Waals surface area (Å²) in [7, 11) is 0. The number of pyridine rings is 1. The van der Waals surface area contributed by atoms with Gasteiger partial charge in [-0.3, -0.25) is 14.9 Å². The summed E-state index contributed by atoms with van der Waals surface area (Å²) in [5.41, 5.74) is -2.06. The lowest BCUT2D eigenvalue weighted by Gasteiger charge is -2.12. The van der Waals surface area contributed by atoms with Crippen LogP contribution in [-0.2, 0) is 16.0 Å². The molecular formula is C10H8F4N2O5. The van der Waals surface area contributed by atoms with Gasteiger partial charge in [0.2, 0.25) is 5.82 Å². The average Bonchev–Trinajstić information content (AvgIpc) is 2.32. The van der Waals surface area contributed by atoms with Crippen LogP contribution in [-0.4, -0.2) is 28.8 Å². The Hall–Kier alpha value is -2.46.